The molecule has 0 aliphatic carbocycles. The van der Waals surface area contributed by atoms with Crippen molar-refractivity contribution in [2.24, 2.45) is 0 Å². The van der Waals surface area contributed by atoms with Crippen LogP contribution in [0.3, 0.4) is 0 Å². The van der Waals surface area contributed by atoms with Crippen LogP contribution in [-0.4, -0.2) is 17.7 Å². The van der Waals surface area contributed by atoms with E-state index in [2.05, 4.69) is 16.0 Å². The average Bonchev–Trinajstić information content (AvgIpc) is 3.12. The molecule has 0 saturated heterocycles. The van der Waals surface area contributed by atoms with Gasteiger partial charge in [-0.2, -0.15) is 0 Å². The second-order valence-corrected chi connectivity index (χ2v) is 12.5. The lowest BCUT2D eigenvalue weighted by molar-refractivity contribution is -0.116. The van der Waals surface area contributed by atoms with E-state index in [0.717, 1.165) is 26.9 Å². The highest BCUT2D eigenvalue weighted by Crippen LogP contribution is 2.37. The maximum Gasteiger partial charge on any atom is 0.272 e. The second-order valence-electron chi connectivity index (χ2n) is 10.8. The fourth-order valence-electron chi connectivity index (χ4n) is 5.09. The smallest absolute Gasteiger partial charge is 0.272 e. The topological polar surface area (TPSA) is 87.3 Å². The minimum atomic E-state index is -0.536. The predicted octanol–water partition coefficient (Wildman–Crippen LogP) is 9.37. The molecule has 0 aromatic heterocycles. The predicted molar refractivity (Wildman–Crippen MR) is 196 cm³/mol. The van der Waals surface area contributed by atoms with E-state index in [4.69, 9.17) is 11.6 Å². The van der Waals surface area contributed by atoms with Crippen LogP contribution in [0.1, 0.15) is 26.7 Å². The summed E-state index contributed by atoms with van der Waals surface area (Å²) in [7, 11) is 0. The minimum absolute atomic E-state index is 0.0545. The first-order valence-corrected chi connectivity index (χ1v) is 16.4. The molecule has 6 rings (SSSR count). The third-order valence-corrected chi connectivity index (χ3v) is 8.94. The normalized spacial score (nSPS) is 11.8. The first-order chi connectivity index (χ1) is 23.4. The molecule has 3 N–H and O–H groups in total. The summed E-state index contributed by atoms with van der Waals surface area (Å²) in [6.07, 6.45) is 1.57. The van der Waals surface area contributed by atoms with Crippen LogP contribution in [-0.2, 0) is 9.59 Å². The van der Waals surface area contributed by atoms with Gasteiger partial charge < -0.3 is 16.0 Å². The summed E-state index contributed by atoms with van der Waals surface area (Å²) in [5, 5.41) is 10.7. The lowest BCUT2D eigenvalue weighted by Crippen LogP contribution is -2.30. The Kier molecular flexibility index (Phi) is 10.3. The van der Waals surface area contributed by atoms with Gasteiger partial charge in [-0.15, -0.1) is 11.8 Å². The Hall–Kier alpha value is -5.63. The summed E-state index contributed by atoms with van der Waals surface area (Å²) in [5.41, 5.74) is 3.26. The molecule has 0 aliphatic heterocycles. The van der Waals surface area contributed by atoms with Crippen molar-refractivity contribution < 1.29 is 14.4 Å². The molecule has 1 unspecified atom stereocenters. The van der Waals surface area contributed by atoms with Gasteiger partial charge in [0, 0.05) is 32.2 Å². The number of anilines is 2. The van der Waals surface area contributed by atoms with Crippen molar-refractivity contribution in [3.8, 4) is 0 Å². The summed E-state index contributed by atoms with van der Waals surface area (Å²) in [6.45, 7) is 0. The molecule has 0 radical (unpaired) electrons. The Morgan fingerprint density at radius 1 is 0.667 bits per heavy atom. The average molecular weight is 668 g/mol. The number of carbonyl (C=O) groups is 3. The van der Waals surface area contributed by atoms with Gasteiger partial charge >= 0.3 is 0 Å². The molecule has 6 aromatic carbocycles. The minimum Gasteiger partial charge on any atom is -0.324 e. The van der Waals surface area contributed by atoms with Crippen LogP contribution >= 0.6 is 23.4 Å². The molecule has 48 heavy (non-hydrogen) atoms. The number of hydrogen-bond donors (Lipinski definition) is 3. The van der Waals surface area contributed by atoms with Crippen LogP contribution < -0.4 is 16.0 Å². The summed E-state index contributed by atoms with van der Waals surface area (Å²) in [5.74, 6) is -1.07. The molecule has 0 bridgehead atoms. The zero-order chi connectivity index (χ0) is 33.3. The van der Waals surface area contributed by atoms with Crippen molar-refractivity contribution in [2.75, 3.05) is 10.6 Å². The standard InChI is InChI=1S/C40H30ClN3O3S/c41-31-18-9-11-27(25-31)26-36(44-38(45)30-15-5-2-6-16-30)39(46)42-32-21-23-33(24-22-32)48-37(29-13-3-1-4-14-29)40(47)43-35-20-10-17-28-12-7-8-19-34(28)35/h1-26,37H,(H,42,46)(H,43,47)(H,44,45)/b36-26-. The van der Waals surface area contributed by atoms with Crippen LogP contribution in [0.5, 0.6) is 0 Å². The molecule has 0 saturated carbocycles. The molecule has 3 amide bonds. The molecule has 0 spiro atoms. The van der Waals surface area contributed by atoms with Crippen molar-refractivity contribution in [3.63, 3.8) is 0 Å². The number of fused-ring (bicyclic) bond motifs is 1. The molecule has 0 aliphatic rings. The van der Waals surface area contributed by atoms with Gasteiger partial charge in [-0.05, 0) is 77.2 Å². The molecule has 1 atom stereocenters. The maximum atomic E-state index is 13.8. The molecule has 6 aromatic rings. The first kappa shape index (κ1) is 32.3. The summed E-state index contributed by atoms with van der Waals surface area (Å²) >= 11 is 7.58. The highest BCUT2D eigenvalue weighted by molar-refractivity contribution is 8.00. The van der Waals surface area contributed by atoms with Gasteiger partial charge in [-0.1, -0.05) is 109 Å². The molecule has 0 heterocycles. The van der Waals surface area contributed by atoms with Gasteiger partial charge in [0.25, 0.3) is 11.8 Å². The summed E-state index contributed by atoms with van der Waals surface area (Å²) in [6, 6.07) is 46.3. The highest BCUT2D eigenvalue weighted by atomic mass is 35.5. The van der Waals surface area contributed by atoms with E-state index >= 15 is 0 Å². The van der Waals surface area contributed by atoms with Crippen LogP contribution in [0.15, 0.2) is 162 Å². The zero-order valence-electron chi connectivity index (χ0n) is 25.6. The number of amides is 3. The lowest BCUT2D eigenvalue weighted by Gasteiger charge is -2.18. The van der Waals surface area contributed by atoms with E-state index in [1.54, 1.807) is 66.7 Å². The Morgan fingerprint density at radius 3 is 2.08 bits per heavy atom. The van der Waals surface area contributed by atoms with Crippen LogP contribution in [0, 0.1) is 0 Å². The SMILES string of the molecule is O=C(Nc1ccc(SC(C(=O)Nc2cccc3ccccc23)c2ccccc2)cc1)/C(=C/c1cccc(Cl)c1)NC(=O)c1ccccc1. The number of nitrogens with one attached hydrogen (secondary N) is 3. The van der Waals surface area contributed by atoms with E-state index in [-0.39, 0.29) is 11.6 Å². The van der Waals surface area contributed by atoms with Crippen molar-refractivity contribution in [1.29, 1.82) is 0 Å². The molecule has 0 fully saturated rings. The van der Waals surface area contributed by atoms with Gasteiger partial charge in [0.15, 0.2) is 0 Å². The second kappa shape index (κ2) is 15.3. The number of hydrogen-bond acceptors (Lipinski definition) is 4. The highest BCUT2D eigenvalue weighted by Gasteiger charge is 2.23. The quantitative estimate of drug-likeness (QED) is 0.100. The molecule has 236 valence electrons. The Morgan fingerprint density at radius 2 is 1.33 bits per heavy atom. The number of halogens is 1. The lowest BCUT2D eigenvalue weighted by atomic mass is 10.1. The van der Waals surface area contributed by atoms with E-state index in [1.807, 2.05) is 91.0 Å². The van der Waals surface area contributed by atoms with Crippen molar-refractivity contribution in [1.82, 2.24) is 5.32 Å². The maximum absolute atomic E-state index is 13.8. The Bertz CT molecular complexity index is 2100. The van der Waals surface area contributed by atoms with Crippen LogP contribution in [0.25, 0.3) is 16.8 Å². The van der Waals surface area contributed by atoms with Gasteiger partial charge in [0.2, 0.25) is 5.91 Å². The number of thioether (sulfide) groups is 1. The van der Waals surface area contributed by atoms with Gasteiger partial charge in [-0.3, -0.25) is 14.4 Å². The third-order valence-electron chi connectivity index (χ3n) is 7.44. The molecular formula is C40H30ClN3O3S. The van der Waals surface area contributed by atoms with Crippen molar-refractivity contribution in [2.45, 2.75) is 10.1 Å². The van der Waals surface area contributed by atoms with E-state index in [9.17, 15) is 14.4 Å². The molecular weight excluding hydrogens is 638 g/mol. The number of carbonyl (C=O) groups excluding carboxylic acids is 3. The van der Waals surface area contributed by atoms with Crippen LogP contribution in [0.4, 0.5) is 11.4 Å². The fourth-order valence-corrected chi connectivity index (χ4v) is 6.31. The monoisotopic (exact) mass is 667 g/mol. The fraction of sp³-hybridized carbons (Fsp3) is 0.0250. The molecule has 6 nitrogen and oxygen atoms in total. The van der Waals surface area contributed by atoms with Crippen molar-refractivity contribution in [3.05, 3.63) is 179 Å². The first-order valence-electron chi connectivity index (χ1n) is 15.2. The third kappa shape index (κ3) is 8.20. The summed E-state index contributed by atoms with van der Waals surface area (Å²) in [4.78, 5) is 41.1. The van der Waals surface area contributed by atoms with Gasteiger partial charge in [0.05, 0.1) is 0 Å². The van der Waals surface area contributed by atoms with E-state index in [1.165, 1.54) is 11.8 Å². The Labute approximate surface area is 287 Å². The zero-order valence-corrected chi connectivity index (χ0v) is 27.2. The van der Waals surface area contributed by atoms with E-state index < -0.39 is 17.1 Å². The number of benzene rings is 6. The molecule has 8 heteroatoms. The largest absolute Gasteiger partial charge is 0.324 e. The van der Waals surface area contributed by atoms with Crippen molar-refractivity contribution >= 4 is 69.3 Å². The van der Waals surface area contributed by atoms with E-state index in [0.29, 0.717) is 21.8 Å². The van der Waals surface area contributed by atoms with Gasteiger partial charge in [0.1, 0.15) is 10.9 Å². The summed E-state index contributed by atoms with van der Waals surface area (Å²) < 4.78 is 0. The number of rotatable bonds is 10. The van der Waals surface area contributed by atoms with Gasteiger partial charge in [-0.25, -0.2) is 0 Å². The van der Waals surface area contributed by atoms with Crippen LogP contribution in [0.2, 0.25) is 5.02 Å². The Balaban J connectivity index is 1.20.